The van der Waals surface area contributed by atoms with Gasteiger partial charge in [-0.1, -0.05) is 24.4 Å². The minimum Gasteiger partial charge on any atom is -0.497 e. The van der Waals surface area contributed by atoms with Crippen molar-refractivity contribution in [2.24, 2.45) is 5.73 Å². The Morgan fingerprint density at radius 3 is 2.48 bits per heavy atom. The normalized spacial score (nSPS) is 10.4. The highest BCUT2D eigenvalue weighted by atomic mass is 32.1. The van der Waals surface area contributed by atoms with Gasteiger partial charge >= 0.3 is 0 Å². The molecule has 5 heteroatoms. The Hall–Kier alpha value is -2.14. The molecule has 110 valence electrons. The zero-order chi connectivity index (χ0) is 15.4. The number of nitrogens with two attached hydrogens (primary N) is 1. The Balaban J connectivity index is 2.21. The third-order valence-corrected chi connectivity index (χ3v) is 3.66. The first-order chi connectivity index (χ1) is 10.0. The third kappa shape index (κ3) is 3.49. The van der Waals surface area contributed by atoms with Crippen molar-refractivity contribution >= 4 is 17.2 Å². The number of rotatable bonds is 5. The Morgan fingerprint density at radius 1 is 1.24 bits per heavy atom. The molecule has 0 saturated heterocycles. The molecule has 0 amide bonds. The van der Waals surface area contributed by atoms with E-state index in [-0.39, 0.29) is 10.5 Å². The highest BCUT2D eigenvalue weighted by Gasteiger charge is 2.08. The minimum absolute atomic E-state index is 0.129. The molecule has 1 heterocycles. The molecule has 4 nitrogen and oxygen atoms in total. The molecule has 2 rings (SSSR count). The van der Waals surface area contributed by atoms with E-state index in [1.54, 1.807) is 17.7 Å². The highest BCUT2D eigenvalue weighted by Crippen LogP contribution is 2.12. The Morgan fingerprint density at radius 2 is 1.90 bits per heavy atom. The van der Waals surface area contributed by atoms with Crippen molar-refractivity contribution in [1.82, 2.24) is 4.57 Å². The van der Waals surface area contributed by atoms with Crippen LogP contribution in [0, 0.1) is 6.92 Å². The van der Waals surface area contributed by atoms with Crippen LogP contribution in [-0.2, 0) is 13.0 Å². The van der Waals surface area contributed by atoms with Crippen LogP contribution in [0.25, 0.3) is 0 Å². The lowest BCUT2D eigenvalue weighted by atomic mass is 10.1. The monoisotopic (exact) mass is 302 g/mol. The lowest BCUT2D eigenvalue weighted by Crippen LogP contribution is -2.30. The van der Waals surface area contributed by atoms with E-state index in [0.717, 1.165) is 23.4 Å². The number of nitrogens with zero attached hydrogens (tertiary/aromatic N) is 1. The summed E-state index contributed by atoms with van der Waals surface area (Å²) in [5, 5.41) is 0. The van der Waals surface area contributed by atoms with Gasteiger partial charge in [0.25, 0.3) is 5.56 Å². The van der Waals surface area contributed by atoms with Crippen LogP contribution in [0.15, 0.2) is 41.2 Å². The molecule has 0 aliphatic carbocycles. The molecule has 0 spiro atoms. The lowest BCUT2D eigenvalue weighted by molar-refractivity contribution is 0.414. The first-order valence-corrected chi connectivity index (χ1v) is 7.07. The van der Waals surface area contributed by atoms with Crippen LogP contribution in [0.5, 0.6) is 5.75 Å². The molecule has 1 aromatic heterocycles. The largest absolute Gasteiger partial charge is 0.497 e. The summed E-state index contributed by atoms with van der Waals surface area (Å²) >= 11 is 4.91. The van der Waals surface area contributed by atoms with Crippen LogP contribution < -0.4 is 16.0 Å². The molecule has 2 aromatic rings. The maximum absolute atomic E-state index is 12.3. The SMILES string of the molecule is COc1ccc(CCn2c(C)ccc(C(N)=S)c2=O)cc1. The van der Waals surface area contributed by atoms with Crippen LogP contribution >= 0.6 is 12.2 Å². The summed E-state index contributed by atoms with van der Waals surface area (Å²) in [7, 11) is 1.64. The molecule has 0 unspecified atom stereocenters. The second-order valence-electron chi connectivity index (χ2n) is 4.81. The molecule has 0 aliphatic heterocycles. The van der Waals surface area contributed by atoms with Gasteiger partial charge in [-0.3, -0.25) is 4.79 Å². The van der Waals surface area contributed by atoms with Gasteiger partial charge in [-0.25, -0.2) is 0 Å². The molecule has 21 heavy (non-hydrogen) atoms. The number of hydrogen-bond acceptors (Lipinski definition) is 3. The molecule has 0 saturated carbocycles. The summed E-state index contributed by atoms with van der Waals surface area (Å²) < 4.78 is 6.84. The summed E-state index contributed by atoms with van der Waals surface area (Å²) in [4.78, 5) is 12.5. The van der Waals surface area contributed by atoms with E-state index >= 15 is 0 Å². The van der Waals surface area contributed by atoms with Crippen LogP contribution in [0.4, 0.5) is 0 Å². The molecule has 0 atom stereocenters. The van der Waals surface area contributed by atoms with Crippen molar-refractivity contribution in [1.29, 1.82) is 0 Å². The smallest absolute Gasteiger partial charge is 0.260 e. The number of hydrogen-bond donors (Lipinski definition) is 1. The van der Waals surface area contributed by atoms with Crippen molar-refractivity contribution in [2.45, 2.75) is 19.9 Å². The van der Waals surface area contributed by atoms with E-state index < -0.39 is 0 Å². The number of pyridine rings is 1. The number of aromatic nitrogens is 1. The first-order valence-electron chi connectivity index (χ1n) is 6.66. The van der Waals surface area contributed by atoms with E-state index in [9.17, 15) is 4.79 Å². The van der Waals surface area contributed by atoms with E-state index in [1.807, 2.05) is 37.3 Å². The quantitative estimate of drug-likeness (QED) is 0.859. The van der Waals surface area contributed by atoms with Crippen molar-refractivity contribution in [3.63, 3.8) is 0 Å². The predicted molar refractivity (Wildman–Crippen MR) is 88.0 cm³/mol. The maximum atomic E-state index is 12.3. The zero-order valence-corrected chi connectivity index (χ0v) is 12.9. The summed E-state index contributed by atoms with van der Waals surface area (Å²) in [6.45, 7) is 2.49. The van der Waals surface area contributed by atoms with Crippen molar-refractivity contribution in [3.8, 4) is 5.75 Å². The van der Waals surface area contributed by atoms with Gasteiger partial charge in [0.05, 0.1) is 12.7 Å². The van der Waals surface area contributed by atoms with Gasteiger partial charge in [0, 0.05) is 12.2 Å². The molecule has 0 radical (unpaired) electrons. The van der Waals surface area contributed by atoms with E-state index in [0.29, 0.717) is 12.1 Å². The summed E-state index contributed by atoms with van der Waals surface area (Å²) in [5.41, 5.74) is 7.88. The lowest BCUT2D eigenvalue weighted by Gasteiger charge is -2.12. The number of methoxy groups -OCH3 is 1. The minimum atomic E-state index is -0.129. The number of aryl methyl sites for hydroxylation is 2. The van der Waals surface area contributed by atoms with Gasteiger partial charge in [-0.15, -0.1) is 0 Å². The third-order valence-electron chi connectivity index (χ3n) is 3.44. The summed E-state index contributed by atoms with van der Waals surface area (Å²) in [5.74, 6) is 0.822. The van der Waals surface area contributed by atoms with Gasteiger partial charge in [0.1, 0.15) is 10.7 Å². The standard InChI is InChI=1S/C16H18N2O2S/c1-11-3-8-14(15(17)21)16(19)18(11)10-9-12-4-6-13(20-2)7-5-12/h3-8H,9-10H2,1-2H3,(H2,17,21). The van der Waals surface area contributed by atoms with E-state index in [4.69, 9.17) is 22.7 Å². The van der Waals surface area contributed by atoms with Crippen LogP contribution in [0.1, 0.15) is 16.8 Å². The molecule has 2 N–H and O–H groups in total. The second kappa shape index (κ2) is 6.54. The Bertz CT molecular complexity index is 705. The molecule has 0 bridgehead atoms. The van der Waals surface area contributed by atoms with Gasteiger partial charge in [0.2, 0.25) is 0 Å². The second-order valence-corrected chi connectivity index (χ2v) is 5.25. The average molecular weight is 302 g/mol. The van der Waals surface area contributed by atoms with Gasteiger partial charge < -0.3 is 15.0 Å². The topological polar surface area (TPSA) is 57.2 Å². The Kier molecular flexibility index (Phi) is 4.75. The van der Waals surface area contributed by atoms with Gasteiger partial charge in [-0.05, 0) is 43.2 Å². The number of ether oxygens (including phenoxy) is 1. The molecular formula is C16H18N2O2S. The highest BCUT2D eigenvalue weighted by molar-refractivity contribution is 7.80. The predicted octanol–water partition coefficient (Wildman–Crippen LogP) is 2.04. The summed E-state index contributed by atoms with van der Waals surface area (Å²) in [6, 6.07) is 11.4. The molecule has 1 aromatic carbocycles. The number of thiocarbonyl (C=S) groups is 1. The van der Waals surface area contributed by atoms with E-state index in [2.05, 4.69) is 0 Å². The fourth-order valence-electron chi connectivity index (χ4n) is 2.17. The zero-order valence-electron chi connectivity index (χ0n) is 12.1. The van der Waals surface area contributed by atoms with E-state index in [1.165, 1.54) is 0 Å². The van der Waals surface area contributed by atoms with Crippen LogP contribution in [0.2, 0.25) is 0 Å². The molecule has 0 aliphatic rings. The fourth-order valence-corrected chi connectivity index (χ4v) is 2.32. The van der Waals surface area contributed by atoms with Crippen LogP contribution in [0.3, 0.4) is 0 Å². The maximum Gasteiger partial charge on any atom is 0.260 e. The number of benzene rings is 1. The first kappa shape index (κ1) is 15.3. The van der Waals surface area contributed by atoms with Crippen molar-refractivity contribution in [3.05, 3.63) is 63.6 Å². The average Bonchev–Trinajstić information content (AvgIpc) is 2.47. The van der Waals surface area contributed by atoms with Crippen molar-refractivity contribution < 1.29 is 4.74 Å². The molecular weight excluding hydrogens is 284 g/mol. The fraction of sp³-hybridized carbons (Fsp3) is 0.250. The van der Waals surface area contributed by atoms with Gasteiger partial charge in [-0.2, -0.15) is 0 Å². The molecule has 0 fully saturated rings. The van der Waals surface area contributed by atoms with Crippen molar-refractivity contribution in [2.75, 3.05) is 7.11 Å². The Labute approximate surface area is 129 Å². The summed E-state index contributed by atoms with van der Waals surface area (Å²) in [6.07, 6.45) is 0.755. The van der Waals surface area contributed by atoms with Crippen LogP contribution in [-0.4, -0.2) is 16.7 Å². The van der Waals surface area contributed by atoms with Gasteiger partial charge in [0.15, 0.2) is 0 Å².